The van der Waals surface area contributed by atoms with Gasteiger partial charge in [-0.25, -0.2) is 14.3 Å². The number of nitrogens with zero attached hydrogens (tertiary/aromatic N) is 4. The molecule has 2 aromatic carbocycles. The molecule has 0 amide bonds. The minimum Gasteiger partial charge on any atom is -0.497 e. The van der Waals surface area contributed by atoms with Crippen LogP contribution >= 0.6 is 0 Å². The molecule has 4 aromatic rings. The molecular formula is C24H22N4O4. The van der Waals surface area contributed by atoms with E-state index >= 15 is 0 Å². The lowest BCUT2D eigenvalue weighted by Crippen LogP contribution is -2.40. The highest BCUT2D eigenvalue weighted by Gasteiger charge is 2.20. The first-order valence-corrected chi connectivity index (χ1v) is 10.0. The summed E-state index contributed by atoms with van der Waals surface area (Å²) in [5.74, 6) is 0.444. The Kier molecular flexibility index (Phi) is 5.59. The number of aryl methyl sites for hydroxylation is 1. The minimum absolute atomic E-state index is 0.0388. The lowest BCUT2D eigenvalue weighted by atomic mass is 10.1. The van der Waals surface area contributed by atoms with Crippen molar-refractivity contribution in [3.05, 3.63) is 99.5 Å². The van der Waals surface area contributed by atoms with Crippen molar-refractivity contribution in [3.8, 4) is 11.4 Å². The predicted molar refractivity (Wildman–Crippen MR) is 122 cm³/mol. The van der Waals surface area contributed by atoms with Crippen LogP contribution in [0.2, 0.25) is 0 Å². The number of Topliss-reactive ketones (excluding diaryl/α,β-unsaturated/α-hetero) is 1. The predicted octanol–water partition coefficient (Wildman–Crippen LogP) is 2.73. The van der Waals surface area contributed by atoms with Gasteiger partial charge >= 0.3 is 5.69 Å². The van der Waals surface area contributed by atoms with E-state index in [9.17, 15) is 14.4 Å². The second kappa shape index (κ2) is 8.50. The third kappa shape index (κ3) is 3.56. The lowest BCUT2D eigenvalue weighted by molar-refractivity contribution is 0.0973. The summed E-state index contributed by atoms with van der Waals surface area (Å²) in [6, 6.07) is 14.1. The number of aromatic nitrogens is 4. The van der Waals surface area contributed by atoms with Crippen molar-refractivity contribution in [1.82, 2.24) is 18.7 Å². The quantitative estimate of drug-likeness (QED) is 0.332. The fraction of sp³-hybridized carbons (Fsp3) is 0.167. The number of methoxy groups -OCH3 is 1. The summed E-state index contributed by atoms with van der Waals surface area (Å²) in [5.41, 5.74) is 1.30. The van der Waals surface area contributed by atoms with E-state index in [1.165, 1.54) is 21.5 Å². The molecule has 8 heteroatoms. The molecule has 0 radical (unpaired) electrons. The number of ether oxygens (including phenoxy) is 1. The normalized spacial score (nSPS) is 10.9. The Balaban J connectivity index is 1.90. The molecule has 0 saturated carbocycles. The number of imidazole rings is 1. The number of carbonyl (C=O) groups is 1. The van der Waals surface area contributed by atoms with E-state index in [0.717, 1.165) is 10.1 Å². The molecule has 0 aliphatic carbocycles. The largest absolute Gasteiger partial charge is 0.497 e. The third-order valence-corrected chi connectivity index (χ3v) is 5.29. The average molecular weight is 430 g/mol. The minimum atomic E-state index is -0.519. The molecule has 0 aliphatic rings. The number of ketones is 1. The summed E-state index contributed by atoms with van der Waals surface area (Å²) in [5, 5.41) is 0. The van der Waals surface area contributed by atoms with Crippen LogP contribution in [-0.4, -0.2) is 31.6 Å². The van der Waals surface area contributed by atoms with Crippen LogP contribution in [0.1, 0.15) is 15.9 Å². The van der Waals surface area contributed by atoms with E-state index in [1.54, 1.807) is 37.4 Å². The number of allylic oxidation sites excluding steroid dienone is 1. The van der Waals surface area contributed by atoms with E-state index in [1.807, 2.05) is 25.1 Å². The summed E-state index contributed by atoms with van der Waals surface area (Å²) < 4.78 is 9.12. The van der Waals surface area contributed by atoms with Gasteiger partial charge < -0.3 is 9.30 Å². The monoisotopic (exact) mass is 430 g/mol. The maximum absolute atomic E-state index is 13.2. The number of para-hydroxylation sites is 1. The molecule has 2 aromatic heterocycles. The first-order valence-electron chi connectivity index (χ1n) is 10.0. The Morgan fingerprint density at radius 1 is 1.12 bits per heavy atom. The molecule has 8 nitrogen and oxygen atoms in total. The summed E-state index contributed by atoms with van der Waals surface area (Å²) in [7, 11) is 1.55. The van der Waals surface area contributed by atoms with Gasteiger partial charge in [0.1, 0.15) is 5.75 Å². The van der Waals surface area contributed by atoms with Gasteiger partial charge in [-0.1, -0.05) is 24.3 Å². The van der Waals surface area contributed by atoms with Crippen LogP contribution in [0, 0.1) is 6.92 Å². The molecule has 162 valence electrons. The first-order chi connectivity index (χ1) is 15.5. The maximum Gasteiger partial charge on any atom is 0.337 e. The number of fused-ring (bicyclic) bond motifs is 1. The van der Waals surface area contributed by atoms with Crippen molar-refractivity contribution in [2.75, 3.05) is 7.11 Å². The van der Waals surface area contributed by atoms with Crippen molar-refractivity contribution < 1.29 is 9.53 Å². The molecule has 0 bridgehead atoms. The van der Waals surface area contributed by atoms with E-state index in [4.69, 9.17) is 4.74 Å². The number of carbonyl (C=O) groups excluding carboxylic acids is 1. The molecule has 0 fully saturated rings. The summed E-state index contributed by atoms with van der Waals surface area (Å²) in [6.07, 6.45) is 2.90. The third-order valence-electron chi connectivity index (χ3n) is 5.29. The maximum atomic E-state index is 13.2. The molecule has 0 aliphatic heterocycles. The zero-order valence-corrected chi connectivity index (χ0v) is 17.8. The Morgan fingerprint density at radius 2 is 1.84 bits per heavy atom. The van der Waals surface area contributed by atoms with E-state index in [2.05, 4.69) is 11.6 Å². The van der Waals surface area contributed by atoms with Crippen LogP contribution in [0.25, 0.3) is 16.9 Å². The van der Waals surface area contributed by atoms with Gasteiger partial charge in [-0.2, -0.15) is 0 Å². The lowest BCUT2D eigenvalue weighted by Gasteiger charge is -2.13. The van der Waals surface area contributed by atoms with Crippen LogP contribution in [0.3, 0.4) is 0 Å². The van der Waals surface area contributed by atoms with Crippen LogP contribution < -0.4 is 16.0 Å². The van der Waals surface area contributed by atoms with Gasteiger partial charge in [0.05, 0.1) is 25.7 Å². The Labute approximate surface area is 183 Å². The number of hydrogen-bond acceptors (Lipinski definition) is 5. The van der Waals surface area contributed by atoms with Crippen molar-refractivity contribution >= 4 is 16.9 Å². The second-order valence-corrected chi connectivity index (χ2v) is 7.31. The molecule has 2 heterocycles. The summed E-state index contributed by atoms with van der Waals surface area (Å²) in [6.45, 7) is 5.47. The van der Waals surface area contributed by atoms with Crippen LogP contribution in [0.15, 0.2) is 77.1 Å². The highest BCUT2D eigenvalue weighted by Crippen LogP contribution is 2.18. The molecule has 32 heavy (non-hydrogen) atoms. The Hall–Kier alpha value is -4.20. The summed E-state index contributed by atoms with van der Waals surface area (Å²) >= 11 is 0. The number of rotatable bonds is 7. The topological polar surface area (TPSA) is 88.1 Å². The second-order valence-electron chi connectivity index (χ2n) is 7.31. The average Bonchev–Trinajstić information content (AvgIpc) is 3.21. The Morgan fingerprint density at radius 3 is 2.50 bits per heavy atom. The zero-order chi connectivity index (χ0) is 22.8. The number of benzene rings is 2. The molecule has 0 saturated heterocycles. The van der Waals surface area contributed by atoms with Gasteiger partial charge in [-0.05, 0) is 42.8 Å². The Bertz CT molecular complexity index is 1440. The van der Waals surface area contributed by atoms with Gasteiger partial charge in [0.25, 0.3) is 5.56 Å². The van der Waals surface area contributed by atoms with Crippen LogP contribution in [-0.2, 0) is 13.1 Å². The standard InChI is InChI=1S/C24H22N4O4/c1-4-13-27-23(30)21-22(28(24(27)31)19-8-6-5-7-16(19)2)25-15-26(21)14-20(29)17-9-11-18(32-3)12-10-17/h4-12,15H,1,13-14H2,2-3H3. The first kappa shape index (κ1) is 21.0. The van der Waals surface area contributed by atoms with Gasteiger partial charge in [-0.15, -0.1) is 6.58 Å². The van der Waals surface area contributed by atoms with E-state index < -0.39 is 11.2 Å². The van der Waals surface area contributed by atoms with Gasteiger partial charge in [0, 0.05) is 12.1 Å². The van der Waals surface area contributed by atoms with Gasteiger partial charge in [-0.3, -0.25) is 14.2 Å². The zero-order valence-electron chi connectivity index (χ0n) is 17.8. The van der Waals surface area contributed by atoms with E-state index in [0.29, 0.717) is 17.0 Å². The van der Waals surface area contributed by atoms with Crippen molar-refractivity contribution in [2.45, 2.75) is 20.0 Å². The smallest absolute Gasteiger partial charge is 0.337 e. The van der Waals surface area contributed by atoms with E-state index in [-0.39, 0.29) is 30.0 Å². The molecule has 0 N–H and O–H groups in total. The van der Waals surface area contributed by atoms with Crippen molar-refractivity contribution in [3.63, 3.8) is 0 Å². The van der Waals surface area contributed by atoms with Crippen molar-refractivity contribution in [2.24, 2.45) is 0 Å². The fourth-order valence-corrected chi connectivity index (χ4v) is 3.64. The van der Waals surface area contributed by atoms with Crippen molar-refractivity contribution in [1.29, 1.82) is 0 Å². The molecule has 4 rings (SSSR count). The van der Waals surface area contributed by atoms with Crippen LogP contribution in [0.4, 0.5) is 0 Å². The van der Waals surface area contributed by atoms with Crippen LogP contribution in [0.5, 0.6) is 5.75 Å². The summed E-state index contributed by atoms with van der Waals surface area (Å²) in [4.78, 5) is 43.6. The molecule has 0 unspecified atom stereocenters. The molecule has 0 atom stereocenters. The van der Waals surface area contributed by atoms with Gasteiger partial charge in [0.2, 0.25) is 0 Å². The highest BCUT2D eigenvalue weighted by molar-refractivity contribution is 5.96. The number of hydrogen-bond donors (Lipinski definition) is 0. The SMILES string of the molecule is C=CCn1c(=O)c2c(ncn2CC(=O)c2ccc(OC)cc2)n(-c2ccccc2C)c1=O. The molecular weight excluding hydrogens is 408 g/mol. The molecule has 0 spiro atoms. The fourth-order valence-electron chi connectivity index (χ4n) is 3.64. The highest BCUT2D eigenvalue weighted by atomic mass is 16.5. The van der Waals surface area contributed by atoms with Gasteiger partial charge in [0.15, 0.2) is 16.9 Å².